The van der Waals surface area contributed by atoms with Gasteiger partial charge in [0, 0.05) is 12.8 Å². The molecule has 78 valence electrons. The van der Waals surface area contributed by atoms with E-state index in [0.717, 1.165) is 29.4 Å². The summed E-state index contributed by atoms with van der Waals surface area (Å²) in [7, 11) is 4.67. The highest BCUT2D eigenvalue weighted by atomic mass is 127. The summed E-state index contributed by atoms with van der Waals surface area (Å²) in [6, 6.07) is 1.46. The molecule has 2 aliphatic rings. The average Bonchev–Trinajstić information content (AvgIpc) is 1.92. The summed E-state index contributed by atoms with van der Waals surface area (Å²) < 4.78 is 1.16. The molecule has 0 aliphatic carbocycles. The van der Waals surface area contributed by atoms with E-state index in [1.54, 1.807) is 0 Å². The monoisotopic (exact) mass is 297 g/mol. The lowest BCUT2D eigenvalue weighted by Crippen LogP contribution is -3.00. The summed E-state index contributed by atoms with van der Waals surface area (Å²) >= 11 is 0. The Labute approximate surface area is 97.9 Å². The molecular weight excluding hydrogens is 277 g/mol. The van der Waals surface area contributed by atoms with Crippen LogP contribution in [0.2, 0.25) is 0 Å². The van der Waals surface area contributed by atoms with E-state index in [9.17, 15) is 5.11 Å². The number of piperidine rings is 2. The normalized spacial score (nSPS) is 42.2. The van der Waals surface area contributed by atoms with Gasteiger partial charge in [0.1, 0.15) is 0 Å². The van der Waals surface area contributed by atoms with E-state index in [2.05, 4.69) is 14.1 Å². The fourth-order valence-electron chi connectivity index (χ4n) is 3.06. The van der Waals surface area contributed by atoms with Crippen molar-refractivity contribution in [2.75, 3.05) is 14.1 Å². The van der Waals surface area contributed by atoms with Crippen molar-refractivity contribution in [3.8, 4) is 0 Å². The highest BCUT2D eigenvalue weighted by Gasteiger charge is 2.45. The Morgan fingerprint density at radius 1 is 1.08 bits per heavy atom. The van der Waals surface area contributed by atoms with Gasteiger partial charge in [-0.2, -0.15) is 0 Å². The summed E-state index contributed by atoms with van der Waals surface area (Å²) in [5.74, 6) is 0. The van der Waals surface area contributed by atoms with E-state index in [4.69, 9.17) is 0 Å². The lowest BCUT2D eigenvalue weighted by atomic mass is 9.81. The predicted octanol–water partition coefficient (Wildman–Crippen LogP) is -1.86. The molecule has 2 atom stereocenters. The maximum absolute atomic E-state index is 9.64. The molecule has 0 spiro atoms. The van der Waals surface area contributed by atoms with Crippen molar-refractivity contribution in [3.63, 3.8) is 0 Å². The van der Waals surface area contributed by atoms with Gasteiger partial charge < -0.3 is 33.6 Å². The van der Waals surface area contributed by atoms with Crippen molar-refractivity contribution >= 4 is 0 Å². The highest BCUT2D eigenvalue weighted by Crippen LogP contribution is 2.37. The van der Waals surface area contributed by atoms with E-state index in [-0.39, 0.29) is 30.1 Å². The van der Waals surface area contributed by atoms with Crippen LogP contribution in [-0.4, -0.2) is 41.9 Å². The number of rotatable bonds is 0. The van der Waals surface area contributed by atoms with Gasteiger partial charge in [-0.1, -0.05) is 0 Å². The number of halogens is 1. The van der Waals surface area contributed by atoms with Crippen LogP contribution in [-0.2, 0) is 0 Å². The van der Waals surface area contributed by atoms with Crippen molar-refractivity contribution < 1.29 is 33.6 Å². The van der Waals surface area contributed by atoms with Crippen LogP contribution in [0.25, 0.3) is 0 Å². The van der Waals surface area contributed by atoms with Gasteiger partial charge in [-0.05, 0) is 19.3 Å². The number of fused-ring (bicyclic) bond motifs is 2. The molecule has 2 aliphatic heterocycles. The van der Waals surface area contributed by atoms with Gasteiger partial charge >= 0.3 is 0 Å². The largest absolute Gasteiger partial charge is 1.00 e. The summed E-state index contributed by atoms with van der Waals surface area (Å²) in [6.07, 6.45) is 6.07. The van der Waals surface area contributed by atoms with Gasteiger partial charge in [0.25, 0.3) is 0 Å². The Morgan fingerprint density at radius 2 is 1.54 bits per heavy atom. The van der Waals surface area contributed by atoms with Crippen LogP contribution in [0, 0.1) is 0 Å². The molecule has 0 radical (unpaired) electrons. The van der Waals surface area contributed by atoms with Crippen LogP contribution in [0.4, 0.5) is 0 Å². The van der Waals surface area contributed by atoms with Gasteiger partial charge in [-0.3, -0.25) is 0 Å². The fourth-order valence-corrected chi connectivity index (χ4v) is 3.06. The van der Waals surface area contributed by atoms with E-state index >= 15 is 0 Å². The lowest BCUT2D eigenvalue weighted by Gasteiger charge is -2.52. The van der Waals surface area contributed by atoms with Gasteiger partial charge in [-0.15, -0.1) is 0 Å². The van der Waals surface area contributed by atoms with Gasteiger partial charge in [-0.25, -0.2) is 0 Å². The third kappa shape index (κ3) is 2.02. The van der Waals surface area contributed by atoms with E-state index in [0.29, 0.717) is 0 Å². The molecule has 2 nitrogen and oxygen atoms in total. The molecule has 2 unspecified atom stereocenters. The zero-order valence-corrected chi connectivity index (χ0v) is 10.7. The Morgan fingerprint density at radius 3 is 2.00 bits per heavy atom. The van der Waals surface area contributed by atoms with Crippen LogP contribution in [0.1, 0.15) is 32.1 Å². The lowest BCUT2D eigenvalue weighted by molar-refractivity contribution is -0.950. The first kappa shape index (κ1) is 11.7. The Hall–Kier alpha value is 0.650. The SMILES string of the molecule is C[N+]1(C)C2CCCC1CC(O)C2.[I-]. The fraction of sp³-hybridized carbons (Fsp3) is 1.00. The molecule has 2 saturated heterocycles. The average molecular weight is 297 g/mol. The molecule has 2 rings (SSSR count). The summed E-state index contributed by atoms with van der Waals surface area (Å²) in [5, 5.41) is 9.64. The Balaban J connectivity index is 0.000000845. The van der Waals surface area contributed by atoms with Crippen LogP contribution in [0.5, 0.6) is 0 Å². The third-order valence-electron chi connectivity index (χ3n) is 4.05. The third-order valence-corrected chi connectivity index (χ3v) is 4.05. The molecule has 0 aromatic rings. The highest BCUT2D eigenvalue weighted by molar-refractivity contribution is 4.82. The first-order chi connectivity index (χ1) is 5.60. The minimum Gasteiger partial charge on any atom is -1.00 e. The smallest absolute Gasteiger partial charge is 0.0913 e. The maximum atomic E-state index is 9.64. The molecule has 0 saturated carbocycles. The molecule has 0 amide bonds. The molecule has 2 heterocycles. The first-order valence-electron chi connectivity index (χ1n) is 5.12. The number of hydrogen-bond donors (Lipinski definition) is 1. The number of aliphatic hydroxyl groups excluding tert-OH is 1. The van der Waals surface area contributed by atoms with Crippen LogP contribution < -0.4 is 24.0 Å². The molecule has 2 fully saturated rings. The van der Waals surface area contributed by atoms with E-state index < -0.39 is 0 Å². The number of nitrogens with zero attached hydrogens (tertiary/aromatic N) is 1. The first-order valence-corrected chi connectivity index (χ1v) is 5.12. The Kier molecular flexibility index (Phi) is 3.63. The zero-order valence-electron chi connectivity index (χ0n) is 8.54. The Bertz CT molecular complexity index is 168. The van der Waals surface area contributed by atoms with Crippen molar-refractivity contribution in [1.29, 1.82) is 0 Å². The minimum atomic E-state index is -0.00792. The van der Waals surface area contributed by atoms with Crippen molar-refractivity contribution in [2.24, 2.45) is 0 Å². The van der Waals surface area contributed by atoms with Crippen molar-refractivity contribution in [3.05, 3.63) is 0 Å². The molecule has 2 bridgehead atoms. The van der Waals surface area contributed by atoms with Crippen molar-refractivity contribution in [2.45, 2.75) is 50.3 Å². The van der Waals surface area contributed by atoms with Gasteiger partial charge in [0.15, 0.2) is 0 Å². The van der Waals surface area contributed by atoms with Crippen LogP contribution in [0.15, 0.2) is 0 Å². The molecule has 3 heteroatoms. The standard InChI is InChI=1S/C10H20NO.HI/c1-11(2)8-4-3-5-9(11)7-10(12)6-8;/h8-10,12H,3-7H2,1-2H3;1H/q+1;/p-1. The summed E-state index contributed by atoms with van der Waals surface area (Å²) in [4.78, 5) is 0. The van der Waals surface area contributed by atoms with Gasteiger partial charge in [0.05, 0.1) is 32.3 Å². The quantitative estimate of drug-likeness (QED) is 0.411. The number of aliphatic hydroxyl groups is 1. The molecule has 13 heavy (non-hydrogen) atoms. The predicted molar refractivity (Wildman–Crippen MR) is 48.8 cm³/mol. The maximum Gasteiger partial charge on any atom is 0.0913 e. The van der Waals surface area contributed by atoms with Crippen LogP contribution >= 0.6 is 0 Å². The molecular formula is C10H20INO. The second-order valence-corrected chi connectivity index (χ2v) is 4.99. The van der Waals surface area contributed by atoms with Crippen molar-refractivity contribution in [1.82, 2.24) is 0 Å². The minimum absolute atomic E-state index is 0. The van der Waals surface area contributed by atoms with Gasteiger partial charge in [0.2, 0.25) is 0 Å². The number of hydrogen-bond acceptors (Lipinski definition) is 1. The molecule has 0 aromatic heterocycles. The van der Waals surface area contributed by atoms with E-state index in [1.807, 2.05) is 0 Å². The second-order valence-electron chi connectivity index (χ2n) is 4.99. The van der Waals surface area contributed by atoms with E-state index in [1.165, 1.54) is 19.3 Å². The molecule has 0 aromatic carbocycles. The summed E-state index contributed by atoms with van der Waals surface area (Å²) in [5.41, 5.74) is 0. The van der Waals surface area contributed by atoms with Crippen LogP contribution in [0.3, 0.4) is 0 Å². The topological polar surface area (TPSA) is 20.2 Å². The number of quaternary nitrogens is 1. The molecule has 1 N–H and O–H groups in total. The second kappa shape index (κ2) is 4.03. The zero-order chi connectivity index (χ0) is 8.77. The summed E-state index contributed by atoms with van der Waals surface area (Å²) in [6.45, 7) is 0.